The molecule has 0 radical (unpaired) electrons. The average Bonchev–Trinajstić information content (AvgIpc) is 2.28. The van der Waals surface area contributed by atoms with Crippen molar-refractivity contribution in [1.29, 1.82) is 0 Å². The molecule has 3 heteroatoms. The minimum Gasteiger partial charge on any atom is -0.384 e. The maximum absolute atomic E-state index is 6.20. The fourth-order valence-electron chi connectivity index (χ4n) is 2.46. The van der Waals surface area contributed by atoms with Crippen LogP contribution in [0.3, 0.4) is 0 Å². The van der Waals surface area contributed by atoms with Crippen molar-refractivity contribution in [2.75, 3.05) is 32.0 Å². The van der Waals surface area contributed by atoms with Crippen LogP contribution in [0.4, 0.5) is 5.69 Å². The zero-order valence-corrected chi connectivity index (χ0v) is 11.4. The molecule has 1 saturated heterocycles. The first kappa shape index (κ1) is 12.7. The Balaban J connectivity index is 1.88. The normalized spacial score (nSPS) is 21.5. The van der Waals surface area contributed by atoms with Gasteiger partial charge in [0.05, 0.1) is 10.7 Å². The summed E-state index contributed by atoms with van der Waals surface area (Å²) in [6, 6.07) is 6.18. The molecule has 2 rings (SSSR count). The van der Waals surface area contributed by atoms with Crippen molar-refractivity contribution in [2.24, 2.45) is 5.92 Å². The molecule has 1 atom stereocenters. The van der Waals surface area contributed by atoms with Crippen molar-refractivity contribution in [3.63, 3.8) is 0 Å². The molecule has 0 aliphatic carbocycles. The molecule has 0 saturated carbocycles. The molecule has 1 N–H and O–H groups in total. The van der Waals surface area contributed by atoms with Gasteiger partial charge in [-0.15, -0.1) is 0 Å². The topological polar surface area (TPSA) is 15.3 Å². The van der Waals surface area contributed by atoms with Crippen molar-refractivity contribution in [1.82, 2.24) is 4.90 Å². The monoisotopic (exact) mass is 252 g/mol. The summed E-state index contributed by atoms with van der Waals surface area (Å²) in [7, 11) is 2.20. The van der Waals surface area contributed by atoms with Gasteiger partial charge in [0.25, 0.3) is 0 Å². The fraction of sp³-hybridized carbons (Fsp3) is 0.571. The highest BCUT2D eigenvalue weighted by Gasteiger charge is 2.16. The Kier molecular flexibility index (Phi) is 4.30. The Morgan fingerprint density at radius 1 is 1.47 bits per heavy atom. The summed E-state index contributed by atoms with van der Waals surface area (Å²) in [5.41, 5.74) is 2.27. The van der Waals surface area contributed by atoms with Crippen molar-refractivity contribution >= 4 is 17.3 Å². The molecule has 17 heavy (non-hydrogen) atoms. The third-order valence-electron chi connectivity index (χ3n) is 3.43. The predicted octanol–water partition coefficient (Wildman–Crippen LogP) is 3.40. The van der Waals surface area contributed by atoms with E-state index in [0.29, 0.717) is 0 Å². The van der Waals surface area contributed by atoms with Gasteiger partial charge in [-0.2, -0.15) is 0 Å². The third kappa shape index (κ3) is 3.62. The quantitative estimate of drug-likeness (QED) is 0.887. The van der Waals surface area contributed by atoms with Gasteiger partial charge in [0.15, 0.2) is 0 Å². The Hall–Kier alpha value is -0.730. The second-order valence-corrected chi connectivity index (χ2v) is 5.54. The van der Waals surface area contributed by atoms with Crippen LogP contribution in [0.2, 0.25) is 5.02 Å². The van der Waals surface area contributed by atoms with Crippen molar-refractivity contribution in [3.05, 3.63) is 28.8 Å². The van der Waals surface area contributed by atoms with Gasteiger partial charge >= 0.3 is 0 Å². The van der Waals surface area contributed by atoms with E-state index in [2.05, 4.69) is 36.3 Å². The van der Waals surface area contributed by atoms with Crippen LogP contribution in [-0.2, 0) is 0 Å². The Bertz CT molecular complexity index is 378. The smallest absolute Gasteiger partial charge is 0.0640 e. The standard InChI is InChI=1S/C14H21ClN2/c1-11-5-6-14(13(15)8-11)16-9-12-4-3-7-17(2)10-12/h5-6,8,12,16H,3-4,7,9-10H2,1-2H3. The summed E-state index contributed by atoms with van der Waals surface area (Å²) in [4.78, 5) is 2.41. The second kappa shape index (κ2) is 5.74. The fourth-order valence-corrected chi connectivity index (χ4v) is 2.76. The lowest BCUT2D eigenvalue weighted by Crippen LogP contribution is -2.35. The van der Waals surface area contributed by atoms with Crippen LogP contribution >= 0.6 is 11.6 Å². The molecule has 1 aromatic carbocycles. The highest BCUT2D eigenvalue weighted by molar-refractivity contribution is 6.33. The van der Waals surface area contributed by atoms with Gasteiger partial charge in [-0.25, -0.2) is 0 Å². The van der Waals surface area contributed by atoms with Gasteiger partial charge in [0.1, 0.15) is 0 Å². The SMILES string of the molecule is Cc1ccc(NCC2CCCN(C)C2)c(Cl)c1. The largest absolute Gasteiger partial charge is 0.384 e. The number of piperidine rings is 1. The number of hydrogen-bond acceptors (Lipinski definition) is 2. The van der Waals surface area contributed by atoms with Gasteiger partial charge in [0, 0.05) is 13.1 Å². The number of nitrogens with one attached hydrogen (secondary N) is 1. The van der Waals surface area contributed by atoms with E-state index in [-0.39, 0.29) is 0 Å². The predicted molar refractivity (Wildman–Crippen MR) is 74.9 cm³/mol. The number of rotatable bonds is 3. The number of aryl methyl sites for hydroxylation is 1. The molecule has 0 spiro atoms. The average molecular weight is 253 g/mol. The highest BCUT2D eigenvalue weighted by Crippen LogP contribution is 2.24. The summed E-state index contributed by atoms with van der Waals surface area (Å²) in [6.45, 7) is 5.51. The van der Waals surface area contributed by atoms with Gasteiger partial charge in [0.2, 0.25) is 0 Å². The highest BCUT2D eigenvalue weighted by atomic mass is 35.5. The van der Waals surface area contributed by atoms with E-state index in [1.807, 2.05) is 6.07 Å². The first-order chi connectivity index (χ1) is 8.15. The zero-order valence-electron chi connectivity index (χ0n) is 10.7. The van der Waals surface area contributed by atoms with Crippen molar-refractivity contribution < 1.29 is 0 Å². The van der Waals surface area contributed by atoms with E-state index in [1.54, 1.807) is 0 Å². The number of anilines is 1. The lowest BCUT2D eigenvalue weighted by atomic mass is 9.98. The number of likely N-dealkylation sites (tertiary alicyclic amines) is 1. The molecule has 1 fully saturated rings. The molecular weight excluding hydrogens is 232 g/mol. The van der Waals surface area contributed by atoms with E-state index >= 15 is 0 Å². The number of benzene rings is 1. The van der Waals surface area contributed by atoms with Crippen LogP contribution in [0.1, 0.15) is 18.4 Å². The molecule has 1 aromatic rings. The maximum Gasteiger partial charge on any atom is 0.0640 e. The lowest BCUT2D eigenvalue weighted by Gasteiger charge is -2.30. The molecule has 1 heterocycles. The molecule has 2 nitrogen and oxygen atoms in total. The molecule has 1 unspecified atom stereocenters. The zero-order chi connectivity index (χ0) is 12.3. The van der Waals surface area contributed by atoms with E-state index in [1.165, 1.54) is 31.5 Å². The van der Waals surface area contributed by atoms with E-state index in [4.69, 9.17) is 11.6 Å². The molecule has 0 amide bonds. The molecule has 94 valence electrons. The van der Waals surface area contributed by atoms with Gasteiger partial charge in [-0.05, 0) is 57.0 Å². The number of halogens is 1. The second-order valence-electron chi connectivity index (χ2n) is 5.13. The third-order valence-corrected chi connectivity index (χ3v) is 3.74. The Morgan fingerprint density at radius 2 is 2.29 bits per heavy atom. The summed E-state index contributed by atoms with van der Waals surface area (Å²) in [6.07, 6.45) is 2.63. The number of nitrogens with zero attached hydrogens (tertiary/aromatic N) is 1. The first-order valence-electron chi connectivity index (χ1n) is 6.33. The van der Waals surface area contributed by atoms with Crippen LogP contribution in [0.5, 0.6) is 0 Å². The molecule has 0 aromatic heterocycles. The van der Waals surface area contributed by atoms with E-state index in [0.717, 1.165) is 23.2 Å². The van der Waals surface area contributed by atoms with E-state index < -0.39 is 0 Å². The summed E-state index contributed by atoms with van der Waals surface area (Å²) < 4.78 is 0. The van der Waals surface area contributed by atoms with Gasteiger partial charge in [-0.3, -0.25) is 0 Å². The maximum atomic E-state index is 6.20. The van der Waals surface area contributed by atoms with Crippen LogP contribution in [0, 0.1) is 12.8 Å². The molecule has 1 aliphatic heterocycles. The minimum absolute atomic E-state index is 0.742. The molecule has 1 aliphatic rings. The number of hydrogen-bond donors (Lipinski definition) is 1. The summed E-state index contributed by atoms with van der Waals surface area (Å²) in [5, 5.41) is 4.30. The summed E-state index contributed by atoms with van der Waals surface area (Å²) in [5.74, 6) is 0.742. The lowest BCUT2D eigenvalue weighted by molar-refractivity contribution is 0.217. The minimum atomic E-state index is 0.742. The van der Waals surface area contributed by atoms with Crippen LogP contribution < -0.4 is 5.32 Å². The Labute approximate surface area is 109 Å². The van der Waals surface area contributed by atoms with Crippen molar-refractivity contribution in [3.8, 4) is 0 Å². The van der Waals surface area contributed by atoms with Gasteiger partial charge in [-0.1, -0.05) is 17.7 Å². The van der Waals surface area contributed by atoms with E-state index in [9.17, 15) is 0 Å². The van der Waals surface area contributed by atoms with Crippen molar-refractivity contribution in [2.45, 2.75) is 19.8 Å². The van der Waals surface area contributed by atoms with Crippen LogP contribution in [-0.4, -0.2) is 31.6 Å². The Morgan fingerprint density at radius 3 is 3.00 bits per heavy atom. The molecular formula is C14H21ClN2. The summed E-state index contributed by atoms with van der Waals surface area (Å²) >= 11 is 6.20. The molecule has 0 bridgehead atoms. The van der Waals surface area contributed by atoms with Crippen LogP contribution in [0.25, 0.3) is 0 Å². The van der Waals surface area contributed by atoms with Crippen LogP contribution in [0.15, 0.2) is 18.2 Å². The van der Waals surface area contributed by atoms with Gasteiger partial charge < -0.3 is 10.2 Å². The first-order valence-corrected chi connectivity index (χ1v) is 6.71.